The monoisotopic (exact) mass is 209 g/mol. The van der Waals surface area contributed by atoms with Crippen molar-refractivity contribution in [3.63, 3.8) is 0 Å². The standard InChI is InChI=1S/C6H15N3O3S/c1-5(4-6(7)10)9-2-3-13(8,11)12/h5,9H,2-4H2,1H3,(H2,7,10)(H2,8,11,12). The first kappa shape index (κ1) is 12.3. The van der Waals surface area contributed by atoms with Gasteiger partial charge in [-0.2, -0.15) is 0 Å². The zero-order chi connectivity index (χ0) is 10.5. The Morgan fingerprint density at radius 2 is 2.08 bits per heavy atom. The summed E-state index contributed by atoms with van der Waals surface area (Å²) in [7, 11) is -3.43. The predicted octanol–water partition coefficient (Wildman–Crippen LogP) is -1.87. The number of carbonyl (C=O) groups is 1. The Kier molecular flexibility index (Phi) is 4.89. The third-order valence-corrected chi connectivity index (χ3v) is 2.16. The summed E-state index contributed by atoms with van der Waals surface area (Å²) in [5.41, 5.74) is 4.93. The fourth-order valence-corrected chi connectivity index (χ4v) is 1.22. The molecule has 0 aliphatic rings. The highest BCUT2D eigenvalue weighted by Crippen LogP contribution is 1.88. The maximum absolute atomic E-state index is 10.5. The summed E-state index contributed by atoms with van der Waals surface area (Å²) in [6.45, 7) is 1.97. The normalized spacial score (nSPS) is 14.0. The summed E-state index contributed by atoms with van der Waals surface area (Å²) in [5, 5.41) is 7.57. The number of amides is 1. The van der Waals surface area contributed by atoms with Crippen molar-refractivity contribution in [2.45, 2.75) is 19.4 Å². The lowest BCUT2D eigenvalue weighted by molar-refractivity contribution is -0.118. The maximum atomic E-state index is 10.5. The van der Waals surface area contributed by atoms with E-state index in [4.69, 9.17) is 10.9 Å². The molecule has 0 bridgehead atoms. The van der Waals surface area contributed by atoms with Crippen LogP contribution in [0.5, 0.6) is 0 Å². The minimum absolute atomic E-state index is 0.126. The van der Waals surface area contributed by atoms with Gasteiger partial charge in [-0.15, -0.1) is 0 Å². The van der Waals surface area contributed by atoms with Crippen molar-refractivity contribution in [1.29, 1.82) is 0 Å². The first-order valence-electron chi connectivity index (χ1n) is 3.83. The van der Waals surface area contributed by atoms with Crippen LogP contribution in [-0.2, 0) is 14.8 Å². The van der Waals surface area contributed by atoms with Crippen LogP contribution in [0.1, 0.15) is 13.3 Å². The fraction of sp³-hybridized carbons (Fsp3) is 0.833. The molecule has 1 amide bonds. The first-order valence-corrected chi connectivity index (χ1v) is 5.55. The number of hydrogen-bond donors (Lipinski definition) is 3. The Balaban J connectivity index is 3.60. The molecule has 5 N–H and O–H groups in total. The van der Waals surface area contributed by atoms with E-state index in [1.165, 1.54) is 0 Å². The Labute approximate surface area is 77.7 Å². The highest BCUT2D eigenvalue weighted by atomic mass is 32.2. The van der Waals surface area contributed by atoms with Crippen molar-refractivity contribution in [3.8, 4) is 0 Å². The molecule has 0 fully saturated rings. The molecule has 0 rings (SSSR count). The summed E-state index contributed by atoms with van der Waals surface area (Å²) in [5.74, 6) is -0.563. The molecule has 0 aliphatic carbocycles. The van der Waals surface area contributed by atoms with Crippen molar-refractivity contribution in [3.05, 3.63) is 0 Å². The molecule has 0 saturated carbocycles. The number of carbonyl (C=O) groups excluding carboxylic acids is 1. The van der Waals surface area contributed by atoms with Crippen molar-refractivity contribution in [2.24, 2.45) is 10.9 Å². The molecule has 13 heavy (non-hydrogen) atoms. The lowest BCUT2D eigenvalue weighted by Crippen LogP contribution is -2.35. The Hall–Kier alpha value is -0.660. The van der Waals surface area contributed by atoms with Crippen LogP contribution in [0.4, 0.5) is 0 Å². The number of primary amides is 1. The maximum Gasteiger partial charge on any atom is 0.218 e. The van der Waals surface area contributed by atoms with Gasteiger partial charge in [-0.25, -0.2) is 13.6 Å². The van der Waals surface area contributed by atoms with Crippen molar-refractivity contribution >= 4 is 15.9 Å². The molecule has 0 radical (unpaired) electrons. The van der Waals surface area contributed by atoms with Gasteiger partial charge in [0.15, 0.2) is 0 Å². The third-order valence-electron chi connectivity index (χ3n) is 1.39. The summed E-state index contributed by atoms with van der Waals surface area (Å²) in [6, 6.07) is -0.126. The van der Waals surface area contributed by atoms with E-state index in [1.54, 1.807) is 6.92 Å². The van der Waals surface area contributed by atoms with E-state index < -0.39 is 15.9 Å². The summed E-state index contributed by atoms with van der Waals surface area (Å²) < 4.78 is 21.0. The number of nitrogens with one attached hydrogen (secondary N) is 1. The SMILES string of the molecule is CC(CC(N)=O)NCCS(N)(=O)=O. The number of primary sulfonamides is 1. The van der Waals surface area contributed by atoms with Crippen LogP contribution in [0.15, 0.2) is 0 Å². The highest BCUT2D eigenvalue weighted by Gasteiger charge is 2.07. The molecule has 0 aromatic rings. The highest BCUT2D eigenvalue weighted by molar-refractivity contribution is 7.89. The zero-order valence-corrected chi connectivity index (χ0v) is 8.30. The van der Waals surface area contributed by atoms with Crippen molar-refractivity contribution < 1.29 is 13.2 Å². The van der Waals surface area contributed by atoms with Gasteiger partial charge in [-0.05, 0) is 6.92 Å². The second kappa shape index (κ2) is 5.15. The van der Waals surface area contributed by atoms with Crippen LogP contribution in [0.25, 0.3) is 0 Å². The summed E-state index contributed by atoms with van der Waals surface area (Å²) in [6.07, 6.45) is 0.185. The first-order chi connectivity index (χ1) is 5.81. The minimum Gasteiger partial charge on any atom is -0.370 e. The van der Waals surface area contributed by atoms with Gasteiger partial charge in [-0.1, -0.05) is 0 Å². The van der Waals surface area contributed by atoms with Gasteiger partial charge < -0.3 is 11.1 Å². The van der Waals surface area contributed by atoms with Gasteiger partial charge in [0.05, 0.1) is 5.75 Å². The summed E-state index contributed by atoms with van der Waals surface area (Å²) in [4.78, 5) is 10.4. The lowest BCUT2D eigenvalue weighted by Gasteiger charge is -2.10. The lowest BCUT2D eigenvalue weighted by atomic mass is 10.2. The van der Waals surface area contributed by atoms with Crippen LogP contribution < -0.4 is 16.2 Å². The molecule has 0 aromatic carbocycles. The van der Waals surface area contributed by atoms with Crippen LogP contribution in [-0.4, -0.2) is 32.7 Å². The molecule has 78 valence electrons. The molecule has 1 unspecified atom stereocenters. The number of hydrogen-bond acceptors (Lipinski definition) is 4. The smallest absolute Gasteiger partial charge is 0.218 e. The molecule has 6 nitrogen and oxygen atoms in total. The molecular weight excluding hydrogens is 194 g/mol. The Bertz CT molecular complexity index is 262. The Morgan fingerprint density at radius 1 is 1.54 bits per heavy atom. The van der Waals surface area contributed by atoms with E-state index in [-0.39, 0.29) is 24.8 Å². The molecular formula is C6H15N3O3S. The molecule has 1 atom stereocenters. The van der Waals surface area contributed by atoms with Gasteiger partial charge in [0.1, 0.15) is 0 Å². The van der Waals surface area contributed by atoms with Gasteiger partial charge in [-0.3, -0.25) is 4.79 Å². The van der Waals surface area contributed by atoms with Gasteiger partial charge >= 0.3 is 0 Å². The van der Waals surface area contributed by atoms with E-state index in [1.807, 2.05) is 0 Å². The topological polar surface area (TPSA) is 115 Å². The van der Waals surface area contributed by atoms with Crippen molar-refractivity contribution in [1.82, 2.24) is 5.32 Å². The second-order valence-electron chi connectivity index (χ2n) is 2.89. The van der Waals surface area contributed by atoms with Crippen LogP contribution >= 0.6 is 0 Å². The largest absolute Gasteiger partial charge is 0.370 e. The van der Waals surface area contributed by atoms with Gasteiger partial charge in [0.2, 0.25) is 15.9 Å². The van der Waals surface area contributed by atoms with Gasteiger partial charge in [0.25, 0.3) is 0 Å². The molecule has 0 spiro atoms. The van der Waals surface area contributed by atoms with Crippen LogP contribution in [0, 0.1) is 0 Å². The van der Waals surface area contributed by atoms with E-state index in [9.17, 15) is 13.2 Å². The van der Waals surface area contributed by atoms with E-state index in [0.717, 1.165) is 0 Å². The van der Waals surface area contributed by atoms with E-state index >= 15 is 0 Å². The molecule has 7 heteroatoms. The third kappa shape index (κ3) is 9.25. The molecule has 0 saturated heterocycles. The fourth-order valence-electron chi connectivity index (χ4n) is 0.822. The predicted molar refractivity (Wildman–Crippen MR) is 49.3 cm³/mol. The minimum atomic E-state index is -3.43. The molecule has 0 aliphatic heterocycles. The van der Waals surface area contributed by atoms with E-state index in [0.29, 0.717) is 0 Å². The zero-order valence-electron chi connectivity index (χ0n) is 7.49. The average Bonchev–Trinajstić information content (AvgIpc) is 1.81. The van der Waals surface area contributed by atoms with Crippen LogP contribution in [0.3, 0.4) is 0 Å². The Morgan fingerprint density at radius 3 is 2.46 bits per heavy atom. The number of nitrogens with two attached hydrogens (primary N) is 2. The molecule has 0 aromatic heterocycles. The molecule has 0 heterocycles. The number of rotatable bonds is 6. The van der Waals surface area contributed by atoms with Crippen molar-refractivity contribution in [2.75, 3.05) is 12.3 Å². The van der Waals surface area contributed by atoms with Crippen LogP contribution in [0.2, 0.25) is 0 Å². The van der Waals surface area contributed by atoms with E-state index in [2.05, 4.69) is 5.32 Å². The average molecular weight is 209 g/mol. The quantitative estimate of drug-likeness (QED) is 0.475. The van der Waals surface area contributed by atoms with Gasteiger partial charge in [0, 0.05) is 19.0 Å². The number of sulfonamides is 1. The summed E-state index contributed by atoms with van der Waals surface area (Å²) >= 11 is 0. The second-order valence-corrected chi connectivity index (χ2v) is 4.63.